The van der Waals surface area contributed by atoms with Crippen LogP contribution in [-0.2, 0) is 4.74 Å². The summed E-state index contributed by atoms with van der Waals surface area (Å²) in [6, 6.07) is 0.587. The van der Waals surface area contributed by atoms with Gasteiger partial charge in [-0.1, -0.05) is 6.92 Å². The second-order valence-corrected chi connectivity index (χ2v) is 2.27. The van der Waals surface area contributed by atoms with Crippen LogP contribution in [0.5, 0.6) is 0 Å². The van der Waals surface area contributed by atoms with Crippen molar-refractivity contribution in [3.8, 4) is 0 Å². The van der Waals surface area contributed by atoms with Gasteiger partial charge < -0.3 is 10.5 Å². The van der Waals surface area contributed by atoms with Gasteiger partial charge in [-0.05, 0) is 13.3 Å². The molecular weight excluding hydrogens is 116 g/mol. The molecule has 0 unspecified atom stereocenters. The van der Waals surface area contributed by atoms with Crippen molar-refractivity contribution in [2.24, 2.45) is 10.7 Å². The lowest BCUT2D eigenvalue weighted by molar-refractivity contribution is 0.190. The minimum Gasteiger partial charge on any atom is -0.460 e. The number of ether oxygens (including phenoxy) is 1. The molecule has 0 fully saturated rings. The van der Waals surface area contributed by atoms with Crippen LogP contribution in [0.3, 0.4) is 0 Å². The number of hydrogen-bond acceptors (Lipinski definition) is 3. The number of hydrogen-bond donors (Lipinski definition) is 1. The Morgan fingerprint density at radius 1 is 1.78 bits per heavy atom. The third-order valence-electron chi connectivity index (χ3n) is 1.54. The van der Waals surface area contributed by atoms with E-state index in [2.05, 4.69) is 11.9 Å². The van der Waals surface area contributed by atoms with Crippen molar-refractivity contribution in [1.29, 1.82) is 0 Å². The predicted molar refractivity (Wildman–Crippen MR) is 36.2 cm³/mol. The molecule has 1 heterocycles. The SMILES string of the molecule is CC[C@H]1OC(N)=N[C@H]1C. The molecule has 9 heavy (non-hydrogen) atoms. The summed E-state index contributed by atoms with van der Waals surface area (Å²) in [7, 11) is 0. The standard InChI is InChI=1S/C6H12N2O/c1-3-5-4(2)8-6(7)9-5/h4-5H,3H2,1-2H3,(H2,7,8)/t4-,5+/m0/s1. The normalized spacial score (nSPS) is 33.8. The fourth-order valence-electron chi connectivity index (χ4n) is 0.992. The van der Waals surface area contributed by atoms with Gasteiger partial charge in [-0.25, -0.2) is 4.99 Å². The molecular formula is C6H12N2O. The van der Waals surface area contributed by atoms with E-state index in [0.717, 1.165) is 6.42 Å². The van der Waals surface area contributed by atoms with Gasteiger partial charge in [0.2, 0.25) is 0 Å². The smallest absolute Gasteiger partial charge is 0.282 e. The summed E-state index contributed by atoms with van der Waals surface area (Å²) in [5, 5.41) is 0. The quantitative estimate of drug-likeness (QED) is 0.559. The second kappa shape index (κ2) is 2.25. The van der Waals surface area contributed by atoms with E-state index < -0.39 is 0 Å². The van der Waals surface area contributed by atoms with Gasteiger partial charge in [0.05, 0.1) is 6.04 Å². The maximum absolute atomic E-state index is 5.32. The van der Waals surface area contributed by atoms with Gasteiger partial charge in [-0.15, -0.1) is 0 Å². The summed E-state index contributed by atoms with van der Waals surface area (Å²) in [6.07, 6.45) is 1.19. The Hall–Kier alpha value is -0.730. The Bertz CT molecular complexity index is 133. The fourth-order valence-corrected chi connectivity index (χ4v) is 0.992. The van der Waals surface area contributed by atoms with Crippen molar-refractivity contribution in [3.05, 3.63) is 0 Å². The average molecular weight is 128 g/mol. The highest BCUT2D eigenvalue weighted by Crippen LogP contribution is 2.13. The van der Waals surface area contributed by atoms with E-state index in [1.54, 1.807) is 0 Å². The van der Waals surface area contributed by atoms with Crippen LogP contribution in [-0.4, -0.2) is 18.2 Å². The monoisotopic (exact) mass is 128 g/mol. The first-order valence-corrected chi connectivity index (χ1v) is 3.24. The van der Waals surface area contributed by atoms with Crippen molar-refractivity contribution < 1.29 is 4.74 Å². The van der Waals surface area contributed by atoms with E-state index in [0.29, 0.717) is 6.02 Å². The highest BCUT2D eigenvalue weighted by Gasteiger charge is 2.23. The minimum atomic E-state index is 0.213. The Balaban J connectivity index is 2.49. The molecule has 0 saturated heterocycles. The van der Waals surface area contributed by atoms with Crippen molar-refractivity contribution in [1.82, 2.24) is 0 Å². The lowest BCUT2D eigenvalue weighted by Crippen LogP contribution is -2.20. The maximum Gasteiger partial charge on any atom is 0.282 e. The molecule has 0 aromatic carbocycles. The first kappa shape index (κ1) is 6.39. The lowest BCUT2D eigenvalue weighted by Gasteiger charge is -2.09. The molecule has 3 nitrogen and oxygen atoms in total. The van der Waals surface area contributed by atoms with E-state index in [1.165, 1.54) is 0 Å². The molecule has 0 saturated carbocycles. The molecule has 0 radical (unpaired) electrons. The van der Waals surface area contributed by atoms with Gasteiger partial charge in [0, 0.05) is 0 Å². The van der Waals surface area contributed by atoms with Crippen LogP contribution in [0.1, 0.15) is 20.3 Å². The van der Waals surface area contributed by atoms with Gasteiger partial charge >= 0.3 is 0 Å². The summed E-state index contributed by atoms with van der Waals surface area (Å²) in [5.74, 6) is 0. The van der Waals surface area contributed by atoms with Crippen molar-refractivity contribution in [2.75, 3.05) is 0 Å². The van der Waals surface area contributed by atoms with Gasteiger partial charge in [0.25, 0.3) is 6.02 Å². The van der Waals surface area contributed by atoms with Crippen LogP contribution in [0.25, 0.3) is 0 Å². The van der Waals surface area contributed by atoms with Crippen LogP contribution in [0.4, 0.5) is 0 Å². The molecule has 0 bridgehead atoms. The molecule has 2 atom stereocenters. The molecule has 0 aromatic rings. The second-order valence-electron chi connectivity index (χ2n) is 2.27. The summed E-state index contributed by atoms with van der Waals surface area (Å²) in [5.41, 5.74) is 5.32. The highest BCUT2D eigenvalue weighted by atomic mass is 16.5. The fraction of sp³-hybridized carbons (Fsp3) is 0.833. The summed E-state index contributed by atoms with van der Waals surface area (Å²) >= 11 is 0. The molecule has 0 amide bonds. The third kappa shape index (κ3) is 1.15. The van der Waals surface area contributed by atoms with Crippen LogP contribution in [0.2, 0.25) is 0 Å². The molecule has 1 aliphatic heterocycles. The van der Waals surface area contributed by atoms with E-state index >= 15 is 0 Å². The summed E-state index contributed by atoms with van der Waals surface area (Å²) in [4.78, 5) is 4.01. The average Bonchev–Trinajstić information content (AvgIpc) is 2.10. The largest absolute Gasteiger partial charge is 0.460 e. The number of amidine groups is 1. The molecule has 0 aromatic heterocycles. The Kier molecular flexibility index (Phi) is 1.60. The van der Waals surface area contributed by atoms with Gasteiger partial charge in [-0.3, -0.25) is 0 Å². The maximum atomic E-state index is 5.32. The van der Waals surface area contributed by atoms with Crippen molar-refractivity contribution in [2.45, 2.75) is 32.4 Å². The molecule has 52 valence electrons. The molecule has 1 rings (SSSR count). The van der Waals surface area contributed by atoms with Gasteiger partial charge in [0.15, 0.2) is 0 Å². The number of aliphatic imine (C=N–C) groups is 1. The van der Waals surface area contributed by atoms with E-state index in [4.69, 9.17) is 10.5 Å². The number of nitrogens with two attached hydrogens (primary N) is 1. The van der Waals surface area contributed by atoms with E-state index in [9.17, 15) is 0 Å². The van der Waals surface area contributed by atoms with Crippen molar-refractivity contribution in [3.63, 3.8) is 0 Å². The Morgan fingerprint density at radius 2 is 2.44 bits per heavy atom. The van der Waals surface area contributed by atoms with E-state index in [-0.39, 0.29) is 12.1 Å². The molecule has 0 spiro atoms. The number of rotatable bonds is 1. The zero-order chi connectivity index (χ0) is 6.85. The molecule has 1 aliphatic rings. The topological polar surface area (TPSA) is 47.6 Å². The third-order valence-corrected chi connectivity index (χ3v) is 1.54. The Morgan fingerprint density at radius 3 is 2.67 bits per heavy atom. The van der Waals surface area contributed by atoms with Crippen LogP contribution >= 0.6 is 0 Å². The first-order chi connectivity index (χ1) is 4.24. The first-order valence-electron chi connectivity index (χ1n) is 3.24. The zero-order valence-electron chi connectivity index (χ0n) is 5.79. The summed E-state index contributed by atoms with van der Waals surface area (Å²) in [6.45, 7) is 4.07. The minimum absolute atomic E-state index is 0.213. The van der Waals surface area contributed by atoms with Gasteiger partial charge in [-0.2, -0.15) is 0 Å². The van der Waals surface area contributed by atoms with E-state index in [1.807, 2.05) is 6.92 Å². The molecule has 0 aliphatic carbocycles. The lowest BCUT2D eigenvalue weighted by atomic mass is 10.1. The number of nitrogens with zero attached hydrogens (tertiary/aromatic N) is 1. The van der Waals surface area contributed by atoms with Crippen LogP contribution in [0, 0.1) is 0 Å². The Labute approximate surface area is 54.9 Å². The highest BCUT2D eigenvalue weighted by molar-refractivity contribution is 5.73. The summed E-state index contributed by atoms with van der Waals surface area (Å²) < 4.78 is 5.15. The van der Waals surface area contributed by atoms with Gasteiger partial charge in [0.1, 0.15) is 6.10 Å². The van der Waals surface area contributed by atoms with Crippen LogP contribution in [0.15, 0.2) is 4.99 Å². The molecule has 2 N–H and O–H groups in total. The van der Waals surface area contributed by atoms with Crippen LogP contribution < -0.4 is 5.73 Å². The zero-order valence-corrected chi connectivity index (χ0v) is 5.79. The predicted octanol–water partition coefficient (Wildman–Crippen LogP) is 0.498. The van der Waals surface area contributed by atoms with Crippen molar-refractivity contribution >= 4 is 6.02 Å². The molecule has 3 heteroatoms.